The third-order valence-corrected chi connectivity index (χ3v) is 3.17. The minimum atomic E-state index is 0.375. The minimum absolute atomic E-state index is 0.375. The second kappa shape index (κ2) is 5.03. The first kappa shape index (κ1) is 12.2. The third-order valence-electron chi connectivity index (χ3n) is 2.62. The van der Waals surface area contributed by atoms with Crippen LogP contribution in [0.15, 0.2) is 53.1 Å². The van der Waals surface area contributed by atoms with Crippen molar-refractivity contribution in [2.75, 3.05) is 0 Å². The maximum Gasteiger partial charge on any atom is 0.259 e. The Balaban J connectivity index is 2.02. The summed E-state index contributed by atoms with van der Waals surface area (Å²) in [5, 5.41) is 5.00. The highest BCUT2D eigenvalue weighted by Gasteiger charge is 2.13. The molecule has 0 amide bonds. The van der Waals surface area contributed by atoms with Crippen molar-refractivity contribution in [1.82, 2.24) is 10.1 Å². The Bertz CT molecular complexity index is 710. The Kier molecular flexibility index (Phi) is 3.23. The average Bonchev–Trinajstić information content (AvgIpc) is 2.89. The Morgan fingerprint density at radius 3 is 2.47 bits per heavy atom. The molecule has 19 heavy (non-hydrogen) atoms. The zero-order chi connectivity index (χ0) is 13.2. The Morgan fingerprint density at radius 2 is 1.74 bits per heavy atom. The van der Waals surface area contributed by atoms with Gasteiger partial charge in [-0.05, 0) is 18.2 Å². The van der Waals surface area contributed by atoms with Gasteiger partial charge in [-0.1, -0.05) is 58.7 Å². The van der Waals surface area contributed by atoms with Gasteiger partial charge < -0.3 is 4.52 Å². The normalized spacial score (nSPS) is 10.6. The van der Waals surface area contributed by atoms with E-state index in [-0.39, 0.29) is 0 Å². The zero-order valence-corrected chi connectivity index (χ0v) is 11.2. The van der Waals surface area contributed by atoms with E-state index < -0.39 is 0 Å². The molecule has 1 aromatic heterocycles. The highest BCUT2D eigenvalue weighted by Crippen LogP contribution is 2.30. The van der Waals surface area contributed by atoms with Crippen LogP contribution in [0.3, 0.4) is 0 Å². The quantitative estimate of drug-likeness (QED) is 0.686. The van der Waals surface area contributed by atoms with E-state index in [2.05, 4.69) is 10.1 Å². The number of aromatic nitrogens is 2. The third kappa shape index (κ3) is 2.48. The van der Waals surface area contributed by atoms with Crippen LogP contribution in [0.25, 0.3) is 22.8 Å². The van der Waals surface area contributed by atoms with E-state index in [1.807, 2.05) is 30.3 Å². The molecule has 0 fully saturated rings. The molecule has 3 rings (SSSR count). The van der Waals surface area contributed by atoms with Crippen LogP contribution in [-0.4, -0.2) is 10.1 Å². The van der Waals surface area contributed by atoms with Gasteiger partial charge in [0.25, 0.3) is 5.89 Å². The van der Waals surface area contributed by atoms with Crippen molar-refractivity contribution in [3.8, 4) is 22.8 Å². The first-order chi connectivity index (χ1) is 9.24. The summed E-state index contributed by atoms with van der Waals surface area (Å²) in [6, 6.07) is 14.7. The molecular weight excluding hydrogens is 283 g/mol. The van der Waals surface area contributed by atoms with E-state index in [1.165, 1.54) is 0 Å². The topological polar surface area (TPSA) is 38.9 Å². The van der Waals surface area contributed by atoms with Gasteiger partial charge in [-0.15, -0.1) is 0 Å². The zero-order valence-electron chi connectivity index (χ0n) is 9.68. The molecule has 0 unspecified atom stereocenters. The van der Waals surface area contributed by atoms with E-state index in [1.54, 1.807) is 18.2 Å². The van der Waals surface area contributed by atoms with Crippen molar-refractivity contribution in [2.45, 2.75) is 0 Å². The van der Waals surface area contributed by atoms with Gasteiger partial charge in [-0.25, -0.2) is 0 Å². The van der Waals surface area contributed by atoms with Crippen molar-refractivity contribution < 1.29 is 4.52 Å². The Morgan fingerprint density at radius 1 is 0.947 bits per heavy atom. The lowest BCUT2D eigenvalue weighted by molar-refractivity contribution is 0.432. The summed E-state index contributed by atoms with van der Waals surface area (Å²) in [7, 11) is 0. The molecular formula is C14H8Cl2N2O. The van der Waals surface area contributed by atoms with E-state index in [0.29, 0.717) is 27.3 Å². The highest BCUT2D eigenvalue weighted by molar-refractivity contribution is 6.36. The lowest BCUT2D eigenvalue weighted by Gasteiger charge is -1.98. The van der Waals surface area contributed by atoms with E-state index in [9.17, 15) is 0 Å². The van der Waals surface area contributed by atoms with Gasteiger partial charge in [-0.2, -0.15) is 4.98 Å². The van der Waals surface area contributed by atoms with Gasteiger partial charge in [0.2, 0.25) is 5.82 Å². The Labute approximate surface area is 119 Å². The van der Waals surface area contributed by atoms with Gasteiger partial charge in [-0.3, -0.25) is 0 Å². The molecule has 0 aliphatic carbocycles. The second-order valence-electron chi connectivity index (χ2n) is 3.91. The van der Waals surface area contributed by atoms with Gasteiger partial charge in [0.15, 0.2) is 0 Å². The molecule has 94 valence electrons. The van der Waals surface area contributed by atoms with Crippen molar-refractivity contribution in [3.63, 3.8) is 0 Å². The molecule has 0 bridgehead atoms. The van der Waals surface area contributed by atoms with Crippen LogP contribution in [0.2, 0.25) is 10.0 Å². The smallest absolute Gasteiger partial charge is 0.259 e. The molecule has 0 atom stereocenters. The maximum absolute atomic E-state index is 6.11. The fraction of sp³-hybridized carbons (Fsp3) is 0. The molecule has 3 nitrogen and oxygen atoms in total. The summed E-state index contributed by atoms with van der Waals surface area (Å²) in [6.45, 7) is 0. The van der Waals surface area contributed by atoms with Crippen LogP contribution in [0.1, 0.15) is 0 Å². The molecule has 2 aromatic carbocycles. The summed E-state index contributed by atoms with van der Waals surface area (Å²) >= 11 is 12.0. The summed E-state index contributed by atoms with van der Waals surface area (Å²) < 4.78 is 5.24. The van der Waals surface area contributed by atoms with Crippen LogP contribution < -0.4 is 0 Å². The average molecular weight is 291 g/mol. The fourth-order valence-corrected chi connectivity index (χ4v) is 2.19. The summed E-state index contributed by atoms with van der Waals surface area (Å²) in [6.07, 6.45) is 0. The summed E-state index contributed by atoms with van der Waals surface area (Å²) in [5.41, 5.74) is 1.56. The van der Waals surface area contributed by atoms with Crippen LogP contribution in [0.5, 0.6) is 0 Å². The van der Waals surface area contributed by atoms with E-state index >= 15 is 0 Å². The van der Waals surface area contributed by atoms with Crippen molar-refractivity contribution >= 4 is 23.2 Å². The van der Waals surface area contributed by atoms with Crippen molar-refractivity contribution in [1.29, 1.82) is 0 Å². The van der Waals surface area contributed by atoms with E-state index in [0.717, 1.165) is 5.56 Å². The molecule has 0 N–H and O–H groups in total. The van der Waals surface area contributed by atoms with Gasteiger partial charge in [0.05, 0.1) is 10.6 Å². The van der Waals surface area contributed by atoms with Crippen LogP contribution in [0.4, 0.5) is 0 Å². The molecule has 0 spiro atoms. The largest absolute Gasteiger partial charge is 0.334 e. The molecule has 5 heteroatoms. The van der Waals surface area contributed by atoms with Crippen molar-refractivity contribution in [3.05, 3.63) is 58.6 Å². The second-order valence-corrected chi connectivity index (χ2v) is 4.76. The van der Waals surface area contributed by atoms with Gasteiger partial charge in [0, 0.05) is 10.6 Å². The first-order valence-corrected chi connectivity index (χ1v) is 6.34. The first-order valence-electron chi connectivity index (χ1n) is 5.58. The highest BCUT2D eigenvalue weighted by atomic mass is 35.5. The molecule has 0 saturated heterocycles. The predicted octanol–water partition coefficient (Wildman–Crippen LogP) is 4.71. The molecule has 0 radical (unpaired) electrons. The number of hydrogen-bond acceptors (Lipinski definition) is 3. The van der Waals surface area contributed by atoms with Crippen LogP contribution >= 0.6 is 23.2 Å². The molecule has 1 heterocycles. The monoisotopic (exact) mass is 290 g/mol. The molecule has 0 saturated carbocycles. The van der Waals surface area contributed by atoms with Gasteiger partial charge in [0.1, 0.15) is 0 Å². The molecule has 3 aromatic rings. The number of halogens is 2. The molecule has 0 aliphatic heterocycles. The fourth-order valence-electron chi connectivity index (χ4n) is 1.70. The lowest BCUT2D eigenvalue weighted by atomic mass is 10.2. The maximum atomic E-state index is 6.11. The minimum Gasteiger partial charge on any atom is -0.334 e. The Hall–Kier alpha value is -1.84. The predicted molar refractivity (Wildman–Crippen MR) is 75.2 cm³/mol. The molecule has 0 aliphatic rings. The summed E-state index contributed by atoms with van der Waals surface area (Å²) in [5.74, 6) is 0.905. The summed E-state index contributed by atoms with van der Waals surface area (Å²) in [4.78, 5) is 4.34. The SMILES string of the molecule is Clc1ccc(-c2nc(-c3ccccc3)no2)c(Cl)c1. The van der Waals surface area contributed by atoms with Crippen LogP contribution in [-0.2, 0) is 0 Å². The number of nitrogens with zero attached hydrogens (tertiary/aromatic N) is 2. The number of hydrogen-bond donors (Lipinski definition) is 0. The standard InChI is InChI=1S/C14H8Cl2N2O/c15-10-6-7-11(12(16)8-10)14-17-13(18-19-14)9-4-2-1-3-5-9/h1-8H. The lowest BCUT2D eigenvalue weighted by Crippen LogP contribution is -1.81. The number of benzene rings is 2. The van der Waals surface area contributed by atoms with E-state index in [4.69, 9.17) is 27.7 Å². The van der Waals surface area contributed by atoms with Gasteiger partial charge >= 0.3 is 0 Å². The van der Waals surface area contributed by atoms with Crippen molar-refractivity contribution in [2.24, 2.45) is 0 Å². The number of rotatable bonds is 2. The van der Waals surface area contributed by atoms with Crippen LogP contribution in [0, 0.1) is 0 Å².